The molecule has 1 fully saturated rings. The molecule has 4 rings (SSSR count). The summed E-state index contributed by atoms with van der Waals surface area (Å²) in [4.78, 5) is 17.3. The van der Waals surface area contributed by atoms with Crippen molar-refractivity contribution < 1.29 is 9.53 Å². The molecule has 6 nitrogen and oxygen atoms in total. The Kier molecular flexibility index (Phi) is 6.88. The summed E-state index contributed by atoms with van der Waals surface area (Å²) < 4.78 is 7.63. The molecule has 1 saturated carbocycles. The molecule has 3 aromatic rings. The van der Waals surface area contributed by atoms with Crippen molar-refractivity contribution >= 4 is 11.6 Å². The smallest absolute Gasteiger partial charge is 0.336 e. The summed E-state index contributed by atoms with van der Waals surface area (Å²) in [5, 5.41) is 7.70. The molecule has 1 heterocycles. The van der Waals surface area contributed by atoms with Gasteiger partial charge in [-0.05, 0) is 55.5 Å². The second-order valence-corrected chi connectivity index (χ2v) is 9.02. The fourth-order valence-electron chi connectivity index (χ4n) is 4.07. The van der Waals surface area contributed by atoms with Crippen molar-refractivity contribution in [2.24, 2.45) is 11.8 Å². The summed E-state index contributed by atoms with van der Waals surface area (Å²) in [5.41, 5.74) is 3.80. The quantitative estimate of drug-likeness (QED) is 0.512. The Hall–Kier alpha value is -3.15. The van der Waals surface area contributed by atoms with Crippen molar-refractivity contribution in [1.82, 2.24) is 14.8 Å². The van der Waals surface area contributed by atoms with Gasteiger partial charge in [0.25, 0.3) is 0 Å². The highest BCUT2D eigenvalue weighted by Gasteiger charge is 2.21. The van der Waals surface area contributed by atoms with Gasteiger partial charge in [0.05, 0.1) is 12.3 Å². The van der Waals surface area contributed by atoms with Crippen LogP contribution in [0.1, 0.15) is 51.5 Å². The predicted octanol–water partition coefficient (Wildman–Crippen LogP) is 5.80. The van der Waals surface area contributed by atoms with E-state index in [2.05, 4.69) is 42.2 Å². The van der Waals surface area contributed by atoms with Crippen molar-refractivity contribution in [3.8, 4) is 23.1 Å². The lowest BCUT2D eigenvalue weighted by atomic mass is 9.88. The largest absolute Gasteiger partial charge is 0.462 e. The second-order valence-electron chi connectivity index (χ2n) is 9.02. The number of nitrogens with one attached hydrogen (secondary N) is 1. The van der Waals surface area contributed by atoms with Crippen molar-refractivity contribution in [3.63, 3.8) is 0 Å². The third kappa shape index (κ3) is 5.18. The summed E-state index contributed by atoms with van der Waals surface area (Å²) in [6.07, 6.45) is 5.50. The van der Waals surface area contributed by atoms with Gasteiger partial charge in [0.2, 0.25) is 5.91 Å². The maximum atomic E-state index is 12.6. The van der Waals surface area contributed by atoms with Crippen molar-refractivity contribution in [1.29, 1.82) is 0 Å². The molecule has 1 amide bonds. The van der Waals surface area contributed by atoms with E-state index in [-0.39, 0.29) is 11.8 Å². The Labute approximate surface area is 190 Å². The van der Waals surface area contributed by atoms with Gasteiger partial charge in [-0.25, -0.2) is 4.68 Å². The molecule has 0 spiro atoms. The number of amides is 1. The van der Waals surface area contributed by atoms with Crippen LogP contribution in [-0.2, 0) is 4.79 Å². The summed E-state index contributed by atoms with van der Waals surface area (Å²) in [7, 11) is 0. The zero-order chi connectivity index (χ0) is 22.5. The Balaban J connectivity index is 1.59. The molecule has 0 radical (unpaired) electrons. The molecule has 0 bridgehead atoms. The van der Waals surface area contributed by atoms with Crippen LogP contribution in [0.15, 0.2) is 48.5 Å². The highest BCUT2D eigenvalue weighted by molar-refractivity contribution is 5.92. The number of nitrogens with zero attached hydrogens (tertiary/aromatic N) is 3. The number of hydrogen-bond donors (Lipinski definition) is 1. The van der Waals surface area contributed by atoms with Crippen molar-refractivity contribution in [2.45, 2.75) is 52.9 Å². The Bertz CT molecular complexity index is 1050. The molecule has 1 N–H and O–H groups in total. The van der Waals surface area contributed by atoms with Crippen molar-refractivity contribution in [2.75, 3.05) is 11.9 Å². The van der Waals surface area contributed by atoms with Crippen LogP contribution < -0.4 is 10.1 Å². The summed E-state index contributed by atoms with van der Waals surface area (Å²) in [5.74, 6) is 1.38. The number of hydrogen-bond acceptors (Lipinski definition) is 4. The Morgan fingerprint density at radius 1 is 1.09 bits per heavy atom. The first kappa shape index (κ1) is 22.1. The van der Waals surface area contributed by atoms with Gasteiger partial charge >= 0.3 is 6.01 Å². The van der Waals surface area contributed by atoms with Crippen LogP contribution in [0.4, 0.5) is 5.69 Å². The number of ether oxygens (including phenoxy) is 1. The van der Waals surface area contributed by atoms with Gasteiger partial charge < -0.3 is 10.1 Å². The van der Waals surface area contributed by atoms with E-state index in [1.165, 1.54) is 6.42 Å². The average Bonchev–Trinajstić information content (AvgIpc) is 3.23. The molecule has 2 aromatic carbocycles. The molecule has 1 aliphatic rings. The number of benzene rings is 2. The first-order chi connectivity index (χ1) is 15.5. The number of rotatable bonds is 7. The fourth-order valence-corrected chi connectivity index (χ4v) is 4.07. The van der Waals surface area contributed by atoms with Crippen LogP contribution in [0.3, 0.4) is 0 Å². The van der Waals surface area contributed by atoms with Gasteiger partial charge in [0.1, 0.15) is 0 Å². The average molecular weight is 433 g/mol. The van der Waals surface area contributed by atoms with E-state index in [1.807, 2.05) is 47.1 Å². The van der Waals surface area contributed by atoms with Gasteiger partial charge in [0.15, 0.2) is 5.82 Å². The number of aryl methyl sites for hydroxylation is 1. The maximum absolute atomic E-state index is 12.6. The molecule has 0 saturated heterocycles. The third-order valence-corrected chi connectivity index (χ3v) is 5.87. The topological polar surface area (TPSA) is 69.0 Å². The van der Waals surface area contributed by atoms with Crippen molar-refractivity contribution in [3.05, 3.63) is 54.1 Å². The van der Waals surface area contributed by atoms with Crippen LogP contribution in [0, 0.1) is 18.8 Å². The van der Waals surface area contributed by atoms with E-state index in [0.717, 1.165) is 54.0 Å². The second kappa shape index (κ2) is 9.98. The molecular formula is C26H32N4O2. The van der Waals surface area contributed by atoms with Gasteiger partial charge in [-0.3, -0.25) is 4.79 Å². The molecule has 0 atom stereocenters. The van der Waals surface area contributed by atoms with Gasteiger partial charge in [0, 0.05) is 17.2 Å². The minimum atomic E-state index is 0.128. The highest BCUT2D eigenvalue weighted by Crippen LogP contribution is 2.28. The van der Waals surface area contributed by atoms with Crippen LogP contribution in [0.2, 0.25) is 0 Å². The summed E-state index contributed by atoms with van der Waals surface area (Å²) in [6, 6.07) is 16.2. The van der Waals surface area contributed by atoms with E-state index in [4.69, 9.17) is 4.74 Å². The van der Waals surface area contributed by atoms with Gasteiger partial charge in [-0.2, -0.15) is 4.98 Å². The Morgan fingerprint density at radius 3 is 2.50 bits per heavy atom. The van der Waals surface area contributed by atoms with E-state index >= 15 is 0 Å². The number of carbonyl (C=O) groups is 1. The minimum absolute atomic E-state index is 0.128. The first-order valence-electron chi connectivity index (χ1n) is 11.6. The van der Waals surface area contributed by atoms with E-state index < -0.39 is 0 Å². The Morgan fingerprint density at radius 2 is 1.81 bits per heavy atom. The molecule has 0 unspecified atom stereocenters. The molecule has 1 aliphatic carbocycles. The minimum Gasteiger partial charge on any atom is -0.462 e. The molecule has 0 aliphatic heterocycles. The molecule has 168 valence electrons. The normalized spacial score (nSPS) is 14.5. The molecule has 32 heavy (non-hydrogen) atoms. The first-order valence-corrected chi connectivity index (χ1v) is 11.6. The number of anilines is 1. The third-order valence-electron chi connectivity index (χ3n) is 5.87. The molecule has 1 aromatic heterocycles. The number of aromatic nitrogens is 3. The lowest BCUT2D eigenvalue weighted by molar-refractivity contribution is -0.120. The summed E-state index contributed by atoms with van der Waals surface area (Å²) >= 11 is 0. The zero-order valence-electron chi connectivity index (χ0n) is 19.2. The van der Waals surface area contributed by atoms with Crippen LogP contribution in [0.25, 0.3) is 17.1 Å². The van der Waals surface area contributed by atoms with E-state index in [9.17, 15) is 4.79 Å². The van der Waals surface area contributed by atoms with Gasteiger partial charge in [-0.1, -0.05) is 57.4 Å². The highest BCUT2D eigenvalue weighted by atomic mass is 16.5. The lowest BCUT2D eigenvalue weighted by Gasteiger charge is -2.20. The lowest BCUT2D eigenvalue weighted by Crippen LogP contribution is -2.24. The van der Waals surface area contributed by atoms with Crippen LogP contribution >= 0.6 is 0 Å². The SMILES string of the molecule is Cc1ccccc1-c1nc(OCC(C)C)nn1-c1ccc(NC(=O)C2CCCCC2)cc1. The standard InChI is InChI=1S/C26H32N4O2/c1-18(2)17-32-26-28-24(23-12-8-7-9-19(23)3)30(29-26)22-15-13-21(14-16-22)27-25(31)20-10-5-4-6-11-20/h7-9,12-16,18,20H,4-6,10-11,17H2,1-3H3,(H,27,31). The molecule has 6 heteroatoms. The number of carbonyl (C=O) groups excluding carboxylic acids is 1. The molecular weight excluding hydrogens is 400 g/mol. The zero-order valence-corrected chi connectivity index (χ0v) is 19.2. The predicted molar refractivity (Wildman–Crippen MR) is 127 cm³/mol. The van der Waals surface area contributed by atoms with Crippen LogP contribution in [-0.4, -0.2) is 27.3 Å². The van der Waals surface area contributed by atoms with E-state index in [0.29, 0.717) is 18.5 Å². The monoisotopic (exact) mass is 432 g/mol. The maximum Gasteiger partial charge on any atom is 0.336 e. The van der Waals surface area contributed by atoms with Gasteiger partial charge in [-0.15, -0.1) is 5.10 Å². The van der Waals surface area contributed by atoms with E-state index in [1.54, 1.807) is 0 Å². The fraction of sp³-hybridized carbons (Fsp3) is 0.423. The summed E-state index contributed by atoms with van der Waals surface area (Å²) in [6.45, 7) is 6.81. The van der Waals surface area contributed by atoms with Crippen LogP contribution in [0.5, 0.6) is 6.01 Å².